The summed E-state index contributed by atoms with van der Waals surface area (Å²) in [5.74, 6) is -0.327. The Bertz CT molecular complexity index is 446. The molecule has 0 unspecified atom stereocenters. The number of halogens is 2. The van der Waals surface area contributed by atoms with Crippen molar-refractivity contribution in [1.29, 1.82) is 0 Å². The molecule has 0 saturated heterocycles. The van der Waals surface area contributed by atoms with Crippen molar-refractivity contribution in [3.63, 3.8) is 0 Å². The number of carbonyl (C=O) groups excluding carboxylic acids is 1. The molecule has 92 valence electrons. The summed E-state index contributed by atoms with van der Waals surface area (Å²) in [5, 5.41) is 3.75. The molecule has 3 nitrogen and oxygen atoms in total. The lowest BCUT2D eigenvalue weighted by Gasteiger charge is -2.07. The SMILES string of the molecule is COC(=O)/C(C)=C/CNc1cc(Br)ccc1Cl. The van der Waals surface area contributed by atoms with Crippen LogP contribution in [0.15, 0.2) is 34.3 Å². The average molecular weight is 319 g/mol. The minimum atomic E-state index is -0.327. The van der Waals surface area contributed by atoms with E-state index in [1.807, 2.05) is 12.1 Å². The van der Waals surface area contributed by atoms with Crippen LogP contribution >= 0.6 is 27.5 Å². The third kappa shape index (κ3) is 4.40. The van der Waals surface area contributed by atoms with Crippen molar-refractivity contribution < 1.29 is 9.53 Å². The van der Waals surface area contributed by atoms with E-state index in [-0.39, 0.29) is 5.97 Å². The number of benzene rings is 1. The van der Waals surface area contributed by atoms with Crippen molar-refractivity contribution in [3.8, 4) is 0 Å². The van der Waals surface area contributed by atoms with E-state index in [4.69, 9.17) is 11.6 Å². The molecule has 0 bridgehead atoms. The number of nitrogens with one attached hydrogen (secondary N) is 1. The Morgan fingerprint density at radius 3 is 2.94 bits per heavy atom. The van der Waals surface area contributed by atoms with Crippen LogP contribution < -0.4 is 5.32 Å². The molecule has 1 aromatic carbocycles. The summed E-state index contributed by atoms with van der Waals surface area (Å²) >= 11 is 9.37. The van der Waals surface area contributed by atoms with Gasteiger partial charge in [0.1, 0.15) is 0 Å². The molecule has 0 aliphatic heterocycles. The minimum absolute atomic E-state index is 0.327. The molecule has 17 heavy (non-hydrogen) atoms. The van der Waals surface area contributed by atoms with E-state index in [2.05, 4.69) is 26.0 Å². The van der Waals surface area contributed by atoms with Gasteiger partial charge in [-0.05, 0) is 25.1 Å². The standard InChI is InChI=1S/C12H13BrClNO2/c1-8(12(16)17-2)5-6-15-11-7-9(13)3-4-10(11)14/h3-5,7,15H,6H2,1-2H3/b8-5+. The number of hydrogen-bond acceptors (Lipinski definition) is 3. The zero-order chi connectivity index (χ0) is 12.8. The normalized spacial score (nSPS) is 11.2. The fraction of sp³-hybridized carbons (Fsp3) is 0.250. The van der Waals surface area contributed by atoms with Crippen LogP contribution in [0, 0.1) is 0 Å². The van der Waals surface area contributed by atoms with Gasteiger partial charge in [-0.25, -0.2) is 4.79 Å². The van der Waals surface area contributed by atoms with Crippen LogP contribution in [0.2, 0.25) is 5.02 Å². The van der Waals surface area contributed by atoms with Crippen molar-refractivity contribution in [2.24, 2.45) is 0 Å². The Balaban J connectivity index is 2.62. The van der Waals surface area contributed by atoms with E-state index in [1.54, 1.807) is 19.1 Å². The molecule has 0 aliphatic carbocycles. The highest BCUT2D eigenvalue weighted by Crippen LogP contribution is 2.25. The minimum Gasteiger partial charge on any atom is -0.466 e. The first-order chi connectivity index (χ1) is 8.04. The summed E-state index contributed by atoms with van der Waals surface area (Å²) in [7, 11) is 1.36. The van der Waals surface area contributed by atoms with Crippen LogP contribution in [0.25, 0.3) is 0 Å². The molecule has 1 rings (SSSR count). The van der Waals surface area contributed by atoms with Gasteiger partial charge in [-0.15, -0.1) is 0 Å². The monoisotopic (exact) mass is 317 g/mol. The first-order valence-corrected chi connectivity index (χ1v) is 6.15. The van der Waals surface area contributed by atoms with Crippen LogP contribution in [0.1, 0.15) is 6.92 Å². The van der Waals surface area contributed by atoms with E-state index in [0.717, 1.165) is 10.2 Å². The Morgan fingerprint density at radius 1 is 1.59 bits per heavy atom. The first kappa shape index (κ1) is 14.1. The van der Waals surface area contributed by atoms with Crippen LogP contribution in [-0.4, -0.2) is 19.6 Å². The fourth-order valence-corrected chi connectivity index (χ4v) is 1.74. The van der Waals surface area contributed by atoms with E-state index >= 15 is 0 Å². The second-order valence-corrected chi connectivity index (χ2v) is 4.71. The van der Waals surface area contributed by atoms with Gasteiger partial charge in [-0.1, -0.05) is 33.6 Å². The van der Waals surface area contributed by atoms with Gasteiger partial charge in [0, 0.05) is 16.6 Å². The summed E-state index contributed by atoms with van der Waals surface area (Å²) in [6, 6.07) is 5.54. The van der Waals surface area contributed by atoms with E-state index < -0.39 is 0 Å². The van der Waals surface area contributed by atoms with Gasteiger partial charge in [0.05, 0.1) is 17.8 Å². The molecule has 0 heterocycles. The quantitative estimate of drug-likeness (QED) is 0.680. The van der Waals surface area contributed by atoms with Crippen LogP contribution in [0.5, 0.6) is 0 Å². The van der Waals surface area contributed by atoms with Gasteiger partial charge in [-0.3, -0.25) is 0 Å². The predicted octanol–water partition coefficient (Wildman–Crippen LogP) is 3.63. The summed E-state index contributed by atoms with van der Waals surface area (Å²) in [5.41, 5.74) is 1.38. The molecule has 5 heteroatoms. The Labute approximate surface area is 114 Å². The van der Waals surface area contributed by atoms with Crippen molar-refractivity contribution in [2.45, 2.75) is 6.92 Å². The van der Waals surface area contributed by atoms with Crippen LogP contribution in [0.4, 0.5) is 5.69 Å². The molecular weight excluding hydrogens is 305 g/mol. The lowest BCUT2D eigenvalue weighted by molar-refractivity contribution is -0.136. The second kappa shape index (κ2) is 6.67. The number of carbonyl (C=O) groups is 1. The molecule has 0 atom stereocenters. The molecular formula is C12H13BrClNO2. The Morgan fingerprint density at radius 2 is 2.29 bits per heavy atom. The average Bonchev–Trinajstić information content (AvgIpc) is 2.32. The lowest BCUT2D eigenvalue weighted by Crippen LogP contribution is -2.05. The Kier molecular flexibility index (Phi) is 5.51. The number of hydrogen-bond donors (Lipinski definition) is 1. The zero-order valence-electron chi connectivity index (χ0n) is 9.59. The van der Waals surface area contributed by atoms with Crippen LogP contribution in [0.3, 0.4) is 0 Å². The molecule has 0 aliphatic rings. The third-order valence-corrected chi connectivity index (χ3v) is 2.96. The van der Waals surface area contributed by atoms with Crippen LogP contribution in [-0.2, 0) is 9.53 Å². The first-order valence-electron chi connectivity index (χ1n) is 4.98. The van der Waals surface area contributed by atoms with Crippen molar-refractivity contribution in [1.82, 2.24) is 0 Å². The molecule has 0 aromatic heterocycles. The number of esters is 1. The molecule has 0 fully saturated rings. The highest BCUT2D eigenvalue weighted by molar-refractivity contribution is 9.10. The molecule has 0 radical (unpaired) electrons. The van der Waals surface area contributed by atoms with Gasteiger partial charge < -0.3 is 10.1 Å². The zero-order valence-corrected chi connectivity index (χ0v) is 11.9. The van der Waals surface area contributed by atoms with E-state index in [1.165, 1.54) is 7.11 Å². The topological polar surface area (TPSA) is 38.3 Å². The third-order valence-electron chi connectivity index (χ3n) is 2.14. The van der Waals surface area contributed by atoms with E-state index in [0.29, 0.717) is 17.1 Å². The van der Waals surface area contributed by atoms with Gasteiger partial charge in [0.2, 0.25) is 0 Å². The molecule has 1 aromatic rings. The van der Waals surface area contributed by atoms with Gasteiger partial charge in [0.15, 0.2) is 0 Å². The number of methoxy groups -OCH3 is 1. The lowest BCUT2D eigenvalue weighted by atomic mass is 10.2. The highest BCUT2D eigenvalue weighted by Gasteiger charge is 2.03. The smallest absolute Gasteiger partial charge is 0.333 e. The Hall–Kier alpha value is -1.000. The van der Waals surface area contributed by atoms with Gasteiger partial charge >= 0.3 is 5.97 Å². The highest BCUT2D eigenvalue weighted by atomic mass is 79.9. The van der Waals surface area contributed by atoms with E-state index in [9.17, 15) is 4.79 Å². The molecule has 1 N–H and O–H groups in total. The molecule has 0 saturated carbocycles. The summed E-state index contributed by atoms with van der Waals surface area (Å²) in [6.45, 7) is 2.22. The maximum Gasteiger partial charge on any atom is 0.333 e. The summed E-state index contributed by atoms with van der Waals surface area (Å²) in [6.07, 6.45) is 1.75. The largest absolute Gasteiger partial charge is 0.466 e. The van der Waals surface area contributed by atoms with Crippen molar-refractivity contribution in [3.05, 3.63) is 39.3 Å². The summed E-state index contributed by atoms with van der Waals surface area (Å²) < 4.78 is 5.53. The van der Waals surface area contributed by atoms with Crippen molar-refractivity contribution >= 4 is 39.2 Å². The number of ether oxygens (including phenoxy) is 1. The van der Waals surface area contributed by atoms with Gasteiger partial charge in [-0.2, -0.15) is 0 Å². The van der Waals surface area contributed by atoms with Gasteiger partial charge in [0.25, 0.3) is 0 Å². The number of anilines is 1. The molecule has 0 spiro atoms. The second-order valence-electron chi connectivity index (χ2n) is 3.38. The van der Waals surface area contributed by atoms with Crippen molar-refractivity contribution in [2.75, 3.05) is 19.0 Å². The maximum atomic E-state index is 11.1. The maximum absolute atomic E-state index is 11.1. The predicted molar refractivity (Wildman–Crippen MR) is 73.4 cm³/mol. The fourth-order valence-electron chi connectivity index (χ4n) is 1.19. The number of rotatable bonds is 4. The molecule has 0 amide bonds. The summed E-state index contributed by atoms with van der Waals surface area (Å²) in [4.78, 5) is 11.1.